The maximum absolute atomic E-state index is 12.7. The zero-order valence-electron chi connectivity index (χ0n) is 13.0. The minimum atomic E-state index is -0.806. The van der Waals surface area contributed by atoms with Crippen molar-refractivity contribution in [1.29, 1.82) is 0 Å². The first-order valence-electron chi connectivity index (χ1n) is 7.41. The van der Waals surface area contributed by atoms with Gasteiger partial charge in [-0.3, -0.25) is 9.59 Å². The Balaban J connectivity index is 2.14. The molecule has 5 nitrogen and oxygen atoms in total. The molecule has 0 aromatic rings. The van der Waals surface area contributed by atoms with Crippen molar-refractivity contribution in [2.24, 2.45) is 16.7 Å². The average molecular weight is 282 g/mol. The van der Waals surface area contributed by atoms with E-state index in [4.69, 9.17) is 0 Å². The number of carbonyl (C=O) groups is 2. The maximum atomic E-state index is 12.7. The van der Waals surface area contributed by atoms with Gasteiger partial charge in [-0.1, -0.05) is 13.8 Å². The van der Waals surface area contributed by atoms with Crippen molar-refractivity contribution in [2.75, 3.05) is 33.2 Å². The van der Waals surface area contributed by atoms with Crippen molar-refractivity contribution >= 4 is 11.9 Å². The van der Waals surface area contributed by atoms with Crippen molar-refractivity contribution in [2.45, 2.75) is 33.6 Å². The predicted octanol–water partition coefficient (Wildman–Crippen LogP) is 1.29. The van der Waals surface area contributed by atoms with E-state index in [1.54, 1.807) is 6.92 Å². The summed E-state index contributed by atoms with van der Waals surface area (Å²) >= 11 is 0. The van der Waals surface area contributed by atoms with Gasteiger partial charge in [-0.15, -0.1) is 0 Å². The molecule has 20 heavy (non-hydrogen) atoms. The molecule has 1 aliphatic carbocycles. The molecule has 0 bridgehead atoms. The van der Waals surface area contributed by atoms with E-state index in [2.05, 4.69) is 11.9 Å². The fourth-order valence-corrected chi connectivity index (χ4v) is 3.56. The highest BCUT2D eigenvalue weighted by Crippen LogP contribution is 2.56. The monoisotopic (exact) mass is 282 g/mol. The molecule has 0 unspecified atom stereocenters. The Morgan fingerprint density at radius 3 is 2.10 bits per heavy atom. The van der Waals surface area contributed by atoms with Crippen LogP contribution in [0.25, 0.3) is 0 Å². The number of amides is 1. The number of likely N-dealkylation sites (N-methyl/N-ethyl adjacent to an activating group) is 1. The summed E-state index contributed by atoms with van der Waals surface area (Å²) in [5.41, 5.74) is -1.31. The second-order valence-corrected chi connectivity index (χ2v) is 7.08. The van der Waals surface area contributed by atoms with Crippen LogP contribution in [0.1, 0.15) is 33.6 Å². The van der Waals surface area contributed by atoms with Crippen LogP contribution in [0.4, 0.5) is 0 Å². The van der Waals surface area contributed by atoms with Gasteiger partial charge in [0.05, 0.1) is 5.41 Å². The number of hydrogen-bond donors (Lipinski definition) is 1. The summed E-state index contributed by atoms with van der Waals surface area (Å²) in [6, 6.07) is 0. The highest BCUT2D eigenvalue weighted by molar-refractivity contribution is 5.84. The number of aliphatic carboxylic acids is 1. The van der Waals surface area contributed by atoms with Crippen LogP contribution in [-0.4, -0.2) is 60.0 Å². The summed E-state index contributed by atoms with van der Waals surface area (Å²) in [6.45, 7) is 8.97. The molecule has 0 aromatic carbocycles. The number of hydrogen-bond acceptors (Lipinski definition) is 3. The summed E-state index contributed by atoms with van der Waals surface area (Å²) in [7, 11) is 2.06. The summed E-state index contributed by atoms with van der Waals surface area (Å²) in [5, 5.41) is 9.52. The minimum Gasteiger partial charge on any atom is -0.481 e. The Kier molecular flexibility index (Phi) is 3.84. The zero-order chi connectivity index (χ0) is 15.1. The largest absolute Gasteiger partial charge is 0.481 e. The van der Waals surface area contributed by atoms with E-state index in [9.17, 15) is 14.7 Å². The molecule has 1 saturated heterocycles. The van der Waals surface area contributed by atoms with Crippen LogP contribution in [0.3, 0.4) is 0 Å². The smallest absolute Gasteiger partial charge is 0.309 e. The molecule has 1 N–H and O–H groups in total. The van der Waals surface area contributed by atoms with Crippen LogP contribution >= 0.6 is 0 Å². The van der Waals surface area contributed by atoms with Crippen LogP contribution in [0, 0.1) is 16.7 Å². The van der Waals surface area contributed by atoms with Gasteiger partial charge in [0.1, 0.15) is 0 Å². The summed E-state index contributed by atoms with van der Waals surface area (Å²) in [4.78, 5) is 28.5. The van der Waals surface area contributed by atoms with Gasteiger partial charge < -0.3 is 14.9 Å². The lowest BCUT2D eigenvalue weighted by Crippen LogP contribution is -2.52. The minimum absolute atomic E-state index is 0.146. The molecule has 114 valence electrons. The van der Waals surface area contributed by atoms with E-state index < -0.39 is 16.8 Å². The van der Waals surface area contributed by atoms with E-state index in [1.807, 2.05) is 18.7 Å². The van der Waals surface area contributed by atoms with Gasteiger partial charge in [-0.2, -0.15) is 0 Å². The highest BCUT2D eigenvalue weighted by atomic mass is 16.4. The quantitative estimate of drug-likeness (QED) is 0.829. The van der Waals surface area contributed by atoms with Gasteiger partial charge in [-0.25, -0.2) is 0 Å². The number of nitrogens with zero attached hydrogens (tertiary/aromatic N) is 2. The second-order valence-electron chi connectivity index (χ2n) is 7.08. The number of piperazine rings is 1. The Bertz CT molecular complexity index is 413. The van der Waals surface area contributed by atoms with E-state index >= 15 is 0 Å². The molecule has 1 saturated carbocycles. The van der Waals surface area contributed by atoms with Crippen LogP contribution in [0.2, 0.25) is 0 Å². The van der Waals surface area contributed by atoms with Crippen LogP contribution in [0.5, 0.6) is 0 Å². The number of rotatable bonds is 2. The second kappa shape index (κ2) is 5.02. The topological polar surface area (TPSA) is 60.9 Å². The SMILES string of the molecule is CN1CCN(C(=O)[C@@H]2CC[C@@](C)(C(=O)O)C2(C)C)CC1. The Labute approximate surface area is 120 Å². The van der Waals surface area contributed by atoms with Gasteiger partial charge in [0.15, 0.2) is 0 Å². The van der Waals surface area contributed by atoms with E-state index in [0.717, 1.165) is 26.2 Å². The molecule has 2 rings (SSSR count). The van der Waals surface area contributed by atoms with Gasteiger partial charge in [0, 0.05) is 32.1 Å². The van der Waals surface area contributed by atoms with E-state index in [0.29, 0.717) is 12.8 Å². The van der Waals surface area contributed by atoms with Crippen molar-refractivity contribution in [3.63, 3.8) is 0 Å². The molecule has 0 spiro atoms. The van der Waals surface area contributed by atoms with Gasteiger partial charge in [0.25, 0.3) is 0 Å². The lowest BCUT2D eigenvalue weighted by molar-refractivity contribution is -0.156. The Morgan fingerprint density at radius 2 is 1.65 bits per heavy atom. The van der Waals surface area contributed by atoms with Crippen molar-refractivity contribution in [3.05, 3.63) is 0 Å². The summed E-state index contributed by atoms with van der Waals surface area (Å²) in [5.74, 6) is -0.809. The molecular weight excluding hydrogens is 256 g/mol. The average Bonchev–Trinajstić information content (AvgIpc) is 2.62. The lowest BCUT2D eigenvalue weighted by Gasteiger charge is -2.41. The first kappa shape index (κ1) is 15.3. The first-order chi connectivity index (χ1) is 9.20. The molecule has 1 aliphatic heterocycles. The molecule has 2 fully saturated rings. The molecule has 1 heterocycles. The summed E-state index contributed by atoms with van der Waals surface area (Å²) < 4.78 is 0. The molecule has 1 amide bonds. The maximum Gasteiger partial charge on any atom is 0.309 e. The third-order valence-electron chi connectivity index (χ3n) is 5.81. The molecule has 0 radical (unpaired) electrons. The first-order valence-corrected chi connectivity index (χ1v) is 7.41. The van der Waals surface area contributed by atoms with Crippen LogP contribution < -0.4 is 0 Å². The number of carboxylic acids is 1. The summed E-state index contributed by atoms with van der Waals surface area (Å²) in [6.07, 6.45) is 1.26. The standard InChI is InChI=1S/C15H26N2O3/c1-14(2)11(5-6-15(14,3)13(19)20)12(18)17-9-7-16(4)8-10-17/h11H,5-10H2,1-4H3,(H,19,20)/t11-,15-/m0/s1. The van der Waals surface area contributed by atoms with Crippen molar-refractivity contribution in [3.8, 4) is 0 Å². The van der Waals surface area contributed by atoms with Crippen molar-refractivity contribution < 1.29 is 14.7 Å². The molecule has 0 aromatic heterocycles. The zero-order valence-corrected chi connectivity index (χ0v) is 13.0. The normalized spacial score (nSPS) is 34.2. The fourth-order valence-electron chi connectivity index (χ4n) is 3.56. The molecule has 5 heteroatoms. The lowest BCUT2D eigenvalue weighted by atomic mass is 9.65. The third-order valence-corrected chi connectivity index (χ3v) is 5.81. The van der Waals surface area contributed by atoms with Gasteiger partial charge in [0.2, 0.25) is 5.91 Å². The predicted molar refractivity (Wildman–Crippen MR) is 76.3 cm³/mol. The van der Waals surface area contributed by atoms with Crippen LogP contribution in [0.15, 0.2) is 0 Å². The third kappa shape index (κ3) is 2.22. The van der Waals surface area contributed by atoms with E-state index in [1.165, 1.54) is 0 Å². The molecular formula is C15H26N2O3. The fraction of sp³-hybridized carbons (Fsp3) is 0.867. The highest BCUT2D eigenvalue weighted by Gasteiger charge is 2.58. The van der Waals surface area contributed by atoms with Crippen LogP contribution in [-0.2, 0) is 9.59 Å². The molecule has 2 atom stereocenters. The van der Waals surface area contributed by atoms with Gasteiger partial charge in [-0.05, 0) is 32.2 Å². The number of carbonyl (C=O) groups excluding carboxylic acids is 1. The molecule has 2 aliphatic rings. The van der Waals surface area contributed by atoms with E-state index in [-0.39, 0.29) is 11.8 Å². The Hall–Kier alpha value is -1.10. The van der Waals surface area contributed by atoms with Crippen molar-refractivity contribution in [1.82, 2.24) is 9.80 Å². The Morgan fingerprint density at radius 1 is 1.10 bits per heavy atom. The van der Waals surface area contributed by atoms with Gasteiger partial charge >= 0.3 is 5.97 Å². The number of carboxylic acid groups (broad SMARTS) is 1.